The Hall–Kier alpha value is -4.96. The van der Waals surface area contributed by atoms with E-state index in [1.54, 1.807) is 36.4 Å². The highest BCUT2D eigenvalue weighted by Crippen LogP contribution is 2.18. The minimum atomic E-state index is -0.546. The number of carbonyl (C=O) groups excluding carboxylic acids is 4. The molecule has 14 nitrogen and oxygen atoms in total. The monoisotopic (exact) mass is 664 g/mol. The first-order chi connectivity index (χ1) is 22.1. The van der Waals surface area contributed by atoms with E-state index in [9.17, 15) is 28.8 Å². The summed E-state index contributed by atoms with van der Waals surface area (Å²) in [6.07, 6.45) is 2.96. The van der Waals surface area contributed by atoms with Gasteiger partial charge in [0.25, 0.3) is 22.9 Å². The molecule has 2 aromatic carbocycles. The van der Waals surface area contributed by atoms with Crippen molar-refractivity contribution in [1.82, 2.24) is 41.6 Å². The minimum Gasteiger partial charge on any atom is -0.301 e. The van der Waals surface area contributed by atoms with Crippen LogP contribution in [0.5, 0.6) is 0 Å². The van der Waals surface area contributed by atoms with E-state index in [0.717, 1.165) is 36.4 Å². The molecule has 4 aromatic rings. The Balaban J connectivity index is 1.25. The van der Waals surface area contributed by atoms with Crippen LogP contribution in [0.25, 0.3) is 10.8 Å². The van der Waals surface area contributed by atoms with Gasteiger partial charge in [-0.25, -0.2) is 9.97 Å². The average Bonchev–Trinajstić information content (AvgIpc) is 3.03. The van der Waals surface area contributed by atoms with Crippen LogP contribution < -0.4 is 32.8 Å². The first kappa shape index (κ1) is 33.9. The zero-order valence-electron chi connectivity index (χ0n) is 25.0. The third-order valence-corrected chi connectivity index (χ3v) is 7.98. The van der Waals surface area contributed by atoms with Crippen molar-refractivity contribution in [3.05, 3.63) is 91.8 Å². The number of rotatable bonds is 12. The molecule has 2 heterocycles. The molecular formula is C30H32N8O6S2. The van der Waals surface area contributed by atoms with Crippen molar-refractivity contribution >= 4 is 57.9 Å². The minimum absolute atomic E-state index is 0.0777. The Bertz CT molecular complexity index is 1740. The second kappa shape index (κ2) is 16.4. The lowest BCUT2D eigenvalue weighted by atomic mass is 10.0. The lowest BCUT2D eigenvalue weighted by Crippen LogP contribution is -2.42. The van der Waals surface area contributed by atoms with E-state index in [1.807, 2.05) is 13.8 Å². The number of hydrogen-bond donors (Lipinski definition) is 6. The summed E-state index contributed by atoms with van der Waals surface area (Å²) in [7, 11) is 0. The van der Waals surface area contributed by atoms with Crippen LogP contribution in [0.15, 0.2) is 68.4 Å². The van der Waals surface area contributed by atoms with Gasteiger partial charge in [0.15, 0.2) is 10.3 Å². The quantitative estimate of drug-likeness (QED) is 0.0738. The lowest BCUT2D eigenvalue weighted by molar-refractivity contribution is -0.120. The number of hydrazine groups is 2. The molecule has 4 amide bonds. The van der Waals surface area contributed by atoms with Gasteiger partial charge in [-0.15, -0.1) is 0 Å². The Morgan fingerprint density at radius 1 is 0.630 bits per heavy atom. The number of nitrogens with zero attached hydrogens (tertiary/aromatic N) is 2. The topological polar surface area (TPSA) is 208 Å². The van der Waals surface area contributed by atoms with E-state index >= 15 is 0 Å². The smallest absolute Gasteiger partial charge is 0.269 e. The fraction of sp³-hybridized carbons (Fsp3) is 0.267. The van der Waals surface area contributed by atoms with Crippen molar-refractivity contribution in [2.24, 2.45) is 0 Å². The molecule has 4 rings (SSSR count). The number of amides is 4. The number of thioether (sulfide) groups is 2. The van der Waals surface area contributed by atoms with Crippen LogP contribution in [0.4, 0.5) is 0 Å². The SMILES string of the molecule is CCCc1cc(=O)[nH]c(SCC(=O)NNC(=O)c2ccc3cc(C(=O)NNC(=O)CSc4nc(CCC)cc(=O)[nH]4)ccc3c2)n1. The van der Waals surface area contributed by atoms with Crippen LogP contribution in [0, 0.1) is 0 Å². The predicted octanol–water partition coefficient (Wildman–Crippen LogP) is 2.02. The average molecular weight is 665 g/mol. The number of H-pyrrole nitrogens is 2. The molecule has 0 atom stereocenters. The fourth-order valence-corrected chi connectivity index (χ4v) is 5.53. The van der Waals surface area contributed by atoms with Crippen molar-refractivity contribution in [2.75, 3.05) is 11.5 Å². The molecule has 0 saturated carbocycles. The van der Waals surface area contributed by atoms with E-state index in [0.29, 0.717) is 45.3 Å². The van der Waals surface area contributed by atoms with Gasteiger partial charge in [-0.3, -0.25) is 50.5 Å². The number of aryl methyl sites for hydroxylation is 2. The summed E-state index contributed by atoms with van der Waals surface area (Å²) in [6, 6.07) is 12.4. The Labute approximate surface area is 271 Å². The number of nitrogens with one attached hydrogen (secondary N) is 6. The molecule has 0 aliphatic rings. The number of fused-ring (bicyclic) bond motifs is 1. The number of aromatic nitrogens is 4. The van der Waals surface area contributed by atoms with Crippen molar-refractivity contribution in [3.63, 3.8) is 0 Å². The summed E-state index contributed by atoms with van der Waals surface area (Å²) in [5, 5.41) is 1.98. The molecule has 6 N–H and O–H groups in total. The Morgan fingerprint density at radius 2 is 1.04 bits per heavy atom. The number of carbonyl (C=O) groups is 4. The second-order valence-corrected chi connectivity index (χ2v) is 11.9. The van der Waals surface area contributed by atoms with Crippen LogP contribution in [-0.4, -0.2) is 55.1 Å². The van der Waals surface area contributed by atoms with Gasteiger partial charge in [-0.2, -0.15) is 0 Å². The molecule has 0 spiro atoms. The largest absolute Gasteiger partial charge is 0.301 e. The molecule has 46 heavy (non-hydrogen) atoms. The molecule has 0 saturated heterocycles. The van der Waals surface area contributed by atoms with E-state index in [4.69, 9.17) is 0 Å². The van der Waals surface area contributed by atoms with Crippen LogP contribution in [-0.2, 0) is 22.4 Å². The Morgan fingerprint density at radius 3 is 1.43 bits per heavy atom. The highest BCUT2D eigenvalue weighted by Gasteiger charge is 2.13. The van der Waals surface area contributed by atoms with E-state index < -0.39 is 23.6 Å². The zero-order valence-corrected chi connectivity index (χ0v) is 26.7. The molecule has 240 valence electrons. The summed E-state index contributed by atoms with van der Waals surface area (Å²) in [6.45, 7) is 3.95. The number of hydrogen-bond acceptors (Lipinski definition) is 10. The standard InChI is InChI=1S/C30H32N8O6S2/c1-3-5-21-13-23(39)33-29(31-21)45-15-25(41)35-37-27(43)19-9-7-18-12-20(10-8-17(18)11-19)28(44)38-36-26(42)16-46-30-32-22(6-4-2)14-24(40)34-30/h7-14H,3-6,15-16H2,1-2H3,(H,35,41)(H,36,42)(H,37,43)(H,38,44)(H,31,33,39)(H,32,34,40). The van der Waals surface area contributed by atoms with Gasteiger partial charge in [0.05, 0.1) is 11.5 Å². The fourth-order valence-electron chi connectivity index (χ4n) is 4.14. The van der Waals surface area contributed by atoms with Crippen molar-refractivity contribution < 1.29 is 19.2 Å². The number of benzene rings is 2. The maximum absolute atomic E-state index is 12.6. The van der Waals surface area contributed by atoms with Crippen molar-refractivity contribution in [3.8, 4) is 0 Å². The van der Waals surface area contributed by atoms with E-state index in [1.165, 1.54) is 12.1 Å². The summed E-state index contributed by atoms with van der Waals surface area (Å²) in [5.74, 6) is -2.23. The normalized spacial score (nSPS) is 10.7. The molecule has 0 fully saturated rings. The molecule has 0 bridgehead atoms. The molecule has 0 aliphatic heterocycles. The van der Waals surface area contributed by atoms with Crippen LogP contribution >= 0.6 is 23.5 Å². The van der Waals surface area contributed by atoms with Crippen molar-refractivity contribution in [2.45, 2.75) is 49.8 Å². The summed E-state index contributed by atoms with van der Waals surface area (Å²) < 4.78 is 0. The maximum Gasteiger partial charge on any atom is 0.269 e. The first-order valence-corrected chi connectivity index (χ1v) is 16.3. The number of aromatic amines is 2. The van der Waals surface area contributed by atoms with Gasteiger partial charge in [0.2, 0.25) is 11.8 Å². The summed E-state index contributed by atoms with van der Waals surface area (Å²) in [4.78, 5) is 87.1. The van der Waals surface area contributed by atoms with Gasteiger partial charge < -0.3 is 9.97 Å². The highest BCUT2D eigenvalue weighted by atomic mass is 32.2. The van der Waals surface area contributed by atoms with Crippen molar-refractivity contribution in [1.29, 1.82) is 0 Å². The highest BCUT2D eigenvalue weighted by molar-refractivity contribution is 8.00. The van der Waals surface area contributed by atoms with Crippen LogP contribution in [0.1, 0.15) is 58.8 Å². The predicted molar refractivity (Wildman–Crippen MR) is 174 cm³/mol. The first-order valence-electron chi connectivity index (χ1n) is 14.3. The summed E-state index contributed by atoms with van der Waals surface area (Å²) in [5.41, 5.74) is 10.7. The zero-order chi connectivity index (χ0) is 33.1. The van der Waals surface area contributed by atoms with Crippen LogP contribution in [0.3, 0.4) is 0 Å². The van der Waals surface area contributed by atoms with Gasteiger partial charge in [0.1, 0.15) is 0 Å². The third-order valence-electron chi connectivity index (χ3n) is 6.23. The molecule has 0 aliphatic carbocycles. The molecule has 0 radical (unpaired) electrons. The maximum atomic E-state index is 12.6. The van der Waals surface area contributed by atoms with Gasteiger partial charge in [-0.05, 0) is 47.9 Å². The van der Waals surface area contributed by atoms with Crippen LogP contribution in [0.2, 0.25) is 0 Å². The molecule has 16 heteroatoms. The van der Waals surface area contributed by atoms with E-state index in [2.05, 4.69) is 41.6 Å². The molecule has 0 unspecified atom stereocenters. The van der Waals surface area contributed by atoms with Gasteiger partial charge >= 0.3 is 0 Å². The third kappa shape index (κ3) is 10.0. The lowest BCUT2D eigenvalue weighted by Gasteiger charge is -2.10. The van der Waals surface area contributed by atoms with E-state index in [-0.39, 0.29) is 33.8 Å². The Kier molecular flexibility index (Phi) is 12.1. The second-order valence-electron chi connectivity index (χ2n) is 9.94. The van der Waals surface area contributed by atoms with Gasteiger partial charge in [-0.1, -0.05) is 62.3 Å². The molecular weight excluding hydrogens is 633 g/mol. The molecule has 2 aromatic heterocycles. The van der Waals surface area contributed by atoms with Gasteiger partial charge in [0, 0.05) is 34.6 Å². The summed E-state index contributed by atoms with van der Waals surface area (Å²) >= 11 is 2.09.